The molecule has 0 spiro atoms. The van der Waals surface area contributed by atoms with Gasteiger partial charge in [0.15, 0.2) is 0 Å². The van der Waals surface area contributed by atoms with Crippen LogP contribution in [0.15, 0.2) is 47.5 Å². The highest BCUT2D eigenvalue weighted by atomic mass is 32.2. The van der Waals surface area contributed by atoms with Crippen LogP contribution >= 0.6 is 23.1 Å². The number of anilines is 1. The van der Waals surface area contributed by atoms with Crippen molar-refractivity contribution >= 4 is 40.0 Å². The van der Waals surface area contributed by atoms with Crippen molar-refractivity contribution in [3.8, 4) is 6.07 Å². The Kier molecular flexibility index (Phi) is 8.21. The second-order valence-electron chi connectivity index (χ2n) is 8.34. The fourth-order valence-electron chi connectivity index (χ4n) is 4.26. The van der Waals surface area contributed by atoms with Gasteiger partial charge in [-0.2, -0.15) is 5.26 Å². The Labute approximate surface area is 213 Å². The van der Waals surface area contributed by atoms with E-state index in [2.05, 4.69) is 40.6 Å². The molecule has 0 radical (unpaired) electrons. The zero-order chi connectivity index (χ0) is 24.8. The Bertz CT molecular complexity index is 1260. The molecule has 35 heavy (non-hydrogen) atoms. The quantitative estimate of drug-likeness (QED) is 0.303. The molecule has 1 aromatic carbocycles. The van der Waals surface area contributed by atoms with E-state index in [1.807, 2.05) is 13.0 Å². The molecule has 180 valence electrons. The van der Waals surface area contributed by atoms with Gasteiger partial charge in [-0.1, -0.05) is 30.3 Å². The molecule has 0 aliphatic heterocycles. The van der Waals surface area contributed by atoms with Crippen LogP contribution in [0.1, 0.15) is 63.3 Å². The molecule has 1 unspecified atom stereocenters. The van der Waals surface area contributed by atoms with Crippen LogP contribution in [-0.2, 0) is 22.4 Å². The van der Waals surface area contributed by atoms with Gasteiger partial charge in [0.05, 0.1) is 17.7 Å². The van der Waals surface area contributed by atoms with E-state index < -0.39 is 0 Å². The van der Waals surface area contributed by atoms with Gasteiger partial charge in [-0.15, -0.1) is 23.1 Å². The molecule has 1 amide bonds. The van der Waals surface area contributed by atoms with Crippen molar-refractivity contribution in [2.45, 2.75) is 50.5 Å². The standard InChI is InChI=1S/C27H27N3O3S2/c1-3-33-27(32)24-21-12-11-19(18-7-5-4-6-8-18)15-22(21)35-26(24)30-23(31)13-14-34-25-20(16-28)10-9-17(2)29-25/h4-10,19H,3,11-15H2,1-2H3,(H,30,31). The number of benzene rings is 1. The smallest absolute Gasteiger partial charge is 0.341 e. The van der Waals surface area contributed by atoms with E-state index in [1.54, 1.807) is 19.1 Å². The minimum atomic E-state index is -0.379. The van der Waals surface area contributed by atoms with Crippen LogP contribution < -0.4 is 5.32 Å². The molecule has 1 aliphatic carbocycles. The number of nitrogens with one attached hydrogen (secondary N) is 1. The number of fused-ring (bicyclic) bond motifs is 1. The van der Waals surface area contributed by atoms with Gasteiger partial charge in [0.25, 0.3) is 0 Å². The summed E-state index contributed by atoms with van der Waals surface area (Å²) in [6.45, 7) is 3.94. The van der Waals surface area contributed by atoms with Gasteiger partial charge >= 0.3 is 5.97 Å². The van der Waals surface area contributed by atoms with Crippen molar-refractivity contribution in [1.29, 1.82) is 5.26 Å². The van der Waals surface area contributed by atoms with Gasteiger partial charge in [-0.3, -0.25) is 4.79 Å². The molecule has 2 aromatic heterocycles. The molecule has 3 aromatic rings. The van der Waals surface area contributed by atoms with Crippen LogP contribution in [0.2, 0.25) is 0 Å². The lowest BCUT2D eigenvalue weighted by Crippen LogP contribution is -2.17. The van der Waals surface area contributed by atoms with Crippen molar-refractivity contribution in [3.05, 3.63) is 75.3 Å². The monoisotopic (exact) mass is 505 g/mol. The summed E-state index contributed by atoms with van der Waals surface area (Å²) in [6.07, 6.45) is 2.82. The molecule has 4 rings (SSSR count). The summed E-state index contributed by atoms with van der Waals surface area (Å²) in [5, 5.41) is 13.5. The number of hydrogen-bond acceptors (Lipinski definition) is 7. The number of nitrogens with zero attached hydrogens (tertiary/aromatic N) is 2. The number of carbonyl (C=O) groups is 2. The van der Waals surface area contributed by atoms with Crippen LogP contribution in [0.3, 0.4) is 0 Å². The molecule has 2 heterocycles. The van der Waals surface area contributed by atoms with Gasteiger partial charge in [0.1, 0.15) is 16.1 Å². The van der Waals surface area contributed by atoms with E-state index in [9.17, 15) is 14.9 Å². The first-order valence-electron chi connectivity index (χ1n) is 11.7. The van der Waals surface area contributed by atoms with E-state index in [1.165, 1.54) is 28.7 Å². The zero-order valence-corrected chi connectivity index (χ0v) is 21.4. The van der Waals surface area contributed by atoms with Crippen LogP contribution in [0.5, 0.6) is 0 Å². The number of thiophene rings is 1. The minimum absolute atomic E-state index is 0.174. The first-order valence-corrected chi connectivity index (χ1v) is 13.5. The number of aryl methyl sites for hydroxylation is 1. The summed E-state index contributed by atoms with van der Waals surface area (Å²) in [6, 6.07) is 16.1. The van der Waals surface area contributed by atoms with Gasteiger partial charge in [0.2, 0.25) is 5.91 Å². The minimum Gasteiger partial charge on any atom is -0.462 e. The number of hydrogen-bond donors (Lipinski definition) is 1. The molecule has 0 fully saturated rings. The van der Waals surface area contributed by atoms with Crippen molar-refractivity contribution < 1.29 is 14.3 Å². The average Bonchev–Trinajstić information content (AvgIpc) is 3.21. The van der Waals surface area contributed by atoms with Gasteiger partial charge in [0, 0.05) is 22.7 Å². The average molecular weight is 506 g/mol. The van der Waals surface area contributed by atoms with Crippen LogP contribution in [0.25, 0.3) is 0 Å². The molecular weight excluding hydrogens is 478 g/mol. The van der Waals surface area contributed by atoms with Crippen LogP contribution in [0.4, 0.5) is 5.00 Å². The largest absolute Gasteiger partial charge is 0.462 e. The van der Waals surface area contributed by atoms with Crippen LogP contribution in [0, 0.1) is 18.3 Å². The van der Waals surface area contributed by atoms with Crippen LogP contribution in [-0.4, -0.2) is 29.2 Å². The van der Waals surface area contributed by atoms with E-state index >= 15 is 0 Å². The second-order valence-corrected chi connectivity index (χ2v) is 10.5. The lowest BCUT2D eigenvalue weighted by Gasteiger charge is -2.23. The first-order chi connectivity index (χ1) is 17.0. The SMILES string of the molecule is CCOC(=O)c1c(NC(=O)CCSc2nc(C)ccc2C#N)sc2c1CCC(c1ccccc1)C2. The predicted octanol–water partition coefficient (Wildman–Crippen LogP) is 5.89. The summed E-state index contributed by atoms with van der Waals surface area (Å²) >= 11 is 2.87. The normalized spacial score (nSPS) is 14.6. The maximum Gasteiger partial charge on any atom is 0.341 e. The van der Waals surface area contributed by atoms with Gasteiger partial charge in [-0.25, -0.2) is 9.78 Å². The number of esters is 1. The van der Waals surface area contributed by atoms with E-state index in [-0.39, 0.29) is 24.9 Å². The van der Waals surface area contributed by atoms with Crippen molar-refractivity contribution in [1.82, 2.24) is 4.98 Å². The van der Waals surface area contributed by atoms with Gasteiger partial charge < -0.3 is 10.1 Å². The fourth-order valence-corrected chi connectivity index (χ4v) is 6.55. The number of amides is 1. The number of nitriles is 1. The molecule has 1 atom stereocenters. The molecule has 0 bridgehead atoms. The fraction of sp³-hybridized carbons (Fsp3) is 0.333. The highest BCUT2D eigenvalue weighted by Gasteiger charge is 2.30. The zero-order valence-electron chi connectivity index (χ0n) is 19.8. The number of rotatable bonds is 8. The Morgan fingerprint density at radius 3 is 2.80 bits per heavy atom. The molecule has 6 nitrogen and oxygen atoms in total. The third kappa shape index (κ3) is 5.92. The van der Waals surface area contributed by atoms with Crippen molar-refractivity contribution in [2.24, 2.45) is 0 Å². The van der Waals surface area contributed by atoms with E-state index in [4.69, 9.17) is 4.74 Å². The number of ether oxygens (including phenoxy) is 1. The number of pyridine rings is 1. The Balaban J connectivity index is 1.47. The molecule has 0 saturated carbocycles. The summed E-state index contributed by atoms with van der Waals surface area (Å²) < 4.78 is 5.34. The summed E-state index contributed by atoms with van der Waals surface area (Å²) in [4.78, 5) is 31.2. The summed E-state index contributed by atoms with van der Waals surface area (Å²) in [7, 11) is 0. The summed E-state index contributed by atoms with van der Waals surface area (Å²) in [5.74, 6) is 0.323. The highest BCUT2D eigenvalue weighted by Crippen LogP contribution is 2.43. The van der Waals surface area contributed by atoms with E-state index in [0.717, 1.165) is 35.4 Å². The number of carbonyl (C=O) groups excluding carboxylic acids is 2. The van der Waals surface area contributed by atoms with E-state index in [0.29, 0.717) is 32.8 Å². The predicted molar refractivity (Wildman–Crippen MR) is 139 cm³/mol. The molecule has 0 saturated heterocycles. The number of thioether (sulfide) groups is 1. The molecule has 1 aliphatic rings. The second kappa shape index (κ2) is 11.5. The first kappa shape index (κ1) is 25.0. The molecule has 8 heteroatoms. The topological polar surface area (TPSA) is 92.1 Å². The lowest BCUT2D eigenvalue weighted by atomic mass is 9.83. The van der Waals surface area contributed by atoms with Crippen molar-refractivity contribution in [3.63, 3.8) is 0 Å². The Hall–Kier alpha value is -3.15. The van der Waals surface area contributed by atoms with Crippen molar-refractivity contribution in [2.75, 3.05) is 17.7 Å². The number of aromatic nitrogens is 1. The third-order valence-corrected chi connectivity index (χ3v) is 8.12. The maximum atomic E-state index is 12.8. The van der Waals surface area contributed by atoms with Gasteiger partial charge in [-0.05, 0) is 62.3 Å². The third-order valence-electron chi connectivity index (χ3n) is 5.96. The highest BCUT2D eigenvalue weighted by molar-refractivity contribution is 7.99. The Morgan fingerprint density at radius 1 is 1.26 bits per heavy atom. The Morgan fingerprint density at radius 2 is 2.06 bits per heavy atom. The maximum absolute atomic E-state index is 12.8. The lowest BCUT2D eigenvalue weighted by molar-refractivity contribution is -0.115. The molecule has 1 N–H and O–H groups in total. The summed E-state index contributed by atoms with van der Waals surface area (Å²) in [5.41, 5.74) is 4.14. The molecular formula is C27H27N3O3S2.